The fraction of sp³-hybridized carbons (Fsp3) is 0.867. The number of methoxy groups -OCH3 is 1. The third-order valence-electron chi connectivity index (χ3n) is 4.52. The number of alkyl carbamates (subject to hydrolysis) is 1. The quantitative estimate of drug-likeness (QED) is 0.858. The molecule has 2 saturated heterocycles. The van der Waals surface area contributed by atoms with E-state index in [1.54, 1.807) is 0 Å². The summed E-state index contributed by atoms with van der Waals surface area (Å²) in [5.41, 5.74) is -0.165. The number of rotatable bonds is 3. The Morgan fingerprint density at radius 2 is 2.14 bits per heavy atom. The lowest BCUT2D eigenvalue weighted by Gasteiger charge is -2.29. The summed E-state index contributed by atoms with van der Waals surface area (Å²) in [6.45, 7) is 7.29. The molecule has 21 heavy (non-hydrogen) atoms. The highest BCUT2D eigenvalue weighted by Gasteiger charge is 2.48. The molecule has 0 aromatic rings. The molecule has 120 valence electrons. The number of carbonyl (C=O) groups is 2. The van der Waals surface area contributed by atoms with Crippen molar-refractivity contribution in [1.29, 1.82) is 0 Å². The van der Waals surface area contributed by atoms with E-state index in [-0.39, 0.29) is 23.5 Å². The molecule has 1 N–H and O–H groups in total. The Kier molecular flexibility index (Phi) is 4.76. The van der Waals surface area contributed by atoms with Gasteiger partial charge in [0.15, 0.2) is 0 Å². The summed E-state index contributed by atoms with van der Waals surface area (Å²) in [4.78, 5) is 26.1. The van der Waals surface area contributed by atoms with E-state index in [1.807, 2.05) is 25.7 Å². The number of hydrogen-bond acceptors (Lipinski definition) is 4. The molecule has 2 fully saturated rings. The number of nitrogens with one attached hydrogen (secondary N) is 1. The summed E-state index contributed by atoms with van der Waals surface area (Å²) < 4.78 is 10.5. The SMILES string of the molecule is COC(=O)N[C@H](C(=O)N1C[C@]2(CCCO2)C[C@H]1C)C(C)C. The van der Waals surface area contributed by atoms with Gasteiger partial charge in [-0.2, -0.15) is 0 Å². The van der Waals surface area contributed by atoms with Crippen LogP contribution in [0.25, 0.3) is 0 Å². The molecule has 6 heteroatoms. The van der Waals surface area contributed by atoms with Gasteiger partial charge in [-0.1, -0.05) is 13.8 Å². The molecular formula is C15H26N2O4. The second-order valence-corrected chi connectivity index (χ2v) is 6.51. The van der Waals surface area contributed by atoms with Gasteiger partial charge in [-0.25, -0.2) is 4.79 Å². The lowest BCUT2D eigenvalue weighted by atomic mass is 9.97. The van der Waals surface area contributed by atoms with E-state index in [0.717, 1.165) is 25.9 Å². The van der Waals surface area contributed by atoms with Crippen LogP contribution in [0.1, 0.15) is 40.0 Å². The van der Waals surface area contributed by atoms with Gasteiger partial charge >= 0.3 is 6.09 Å². The monoisotopic (exact) mass is 298 g/mol. The van der Waals surface area contributed by atoms with Crippen LogP contribution < -0.4 is 5.32 Å². The molecule has 0 saturated carbocycles. The zero-order valence-electron chi connectivity index (χ0n) is 13.3. The van der Waals surface area contributed by atoms with Crippen LogP contribution in [0, 0.1) is 5.92 Å². The van der Waals surface area contributed by atoms with Gasteiger partial charge in [-0.05, 0) is 32.1 Å². The van der Waals surface area contributed by atoms with E-state index < -0.39 is 12.1 Å². The summed E-state index contributed by atoms with van der Waals surface area (Å²) >= 11 is 0. The average Bonchev–Trinajstić information content (AvgIpc) is 3.02. The molecule has 0 aromatic carbocycles. The van der Waals surface area contributed by atoms with Gasteiger partial charge in [-0.3, -0.25) is 4.79 Å². The highest BCUT2D eigenvalue weighted by molar-refractivity contribution is 5.86. The number of ether oxygens (including phenoxy) is 2. The fourth-order valence-electron chi connectivity index (χ4n) is 3.39. The molecule has 3 atom stereocenters. The molecule has 0 aromatic heterocycles. The van der Waals surface area contributed by atoms with Crippen molar-refractivity contribution in [2.45, 2.75) is 57.7 Å². The smallest absolute Gasteiger partial charge is 0.407 e. The lowest BCUT2D eigenvalue weighted by molar-refractivity contribution is -0.135. The van der Waals surface area contributed by atoms with Crippen LogP contribution in [0.5, 0.6) is 0 Å². The molecule has 2 rings (SSSR count). The van der Waals surface area contributed by atoms with Crippen LogP contribution in [0.2, 0.25) is 0 Å². The van der Waals surface area contributed by atoms with Crippen molar-refractivity contribution in [3.63, 3.8) is 0 Å². The Morgan fingerprint density at radius 3 is 2.67 bits per heavy atom. The predicted molar refractivity (Wildman–Crippen MR) is 77.9 cm³/mol. The first-order valence-corrected chi connectivity index (χ1v) is 7.67. The van der Waals surface area contributed by atoms with Crippen LogP contribution in [-0.4, -0.2) is 54.8 Å². The largest absolute Gasteiger partial charge is 0.453 e. The van der Waals surface area contributed by atoms with Gasteiger partial charge in [0.05, 0.1) is 19.3 Å². The maximum atomic E-state index is 12.8. The van der Waals surface area contributed by atoms with Crippen molar-refractivity contribution in [2.24, 2.45) is 5.92 Å². The normalized spacial score (nSPS) is 30.0. The maximum Gasteiger partial charge on any atom is 0.407 e. The van der Waals surface area contributed by atoms with Gasteiger partial charge in [0, 0.05) is 12.6 Å². The third kappa shape index (κ3) is 3.31. The summed E-state index contributed by atoms with van der Waals surface area (Å²) in [6, 6.07) is -0.423. The third-order valence-corrected chi connectivity index (χ3v) is 4.52. The van der Waals surface area contributed by atoms with E-state index >= 15 is 0 Å². The zero-order chi connectivity index (χ0) is 15.6. The van der Waals surface area contributed by atoms with Crippen LogP contribution in [-0.2, 0) is 14.3 Å². The minimum Gasteiger partial charge on any atom is -0.453 e. The molecule has 0 unspecified atom stereocenters. The van der Waals surface area contributed by atoms with Crippen molar-refractivity contribution >= 4 is 12.0 Å². The number of amides is 2. The van der Waals surface area contributed by atoms with Gasteiger partial charge in [-0.15, -0.1) is 0 Å². The van der Waals surface area contributed by atoms with E-state index in [2.05, 4.69) is 10.1 Å². The Morgan fingerprint density at radius 1 is 1.43 bits per heavy atom. The topological polar surface area (TPSA) is 67.9 Å². The number of nitrogens with zero attached hydrogens (tertiary/aromatic N) is 1. The Balaban J connectivity index is 2.08. The Labute approximate surface area is 126 Å². The average molecular weight is 298 g/mol. The van der Waals surface area contributed by atoms with E-state index in [1.165, 1.54) is 7.11 Å². The molecule has 1 spiro atoms. The van der Waals surface area contributed by atoms with E-state index in [9.17, 15) is 9.59 Å². The van der Waals surface area contributed by atoms with Crippen LogP contribution in [0.15, 0.2) is 0 Å². The lowest BCUT2D eigenvalue weighted by Crippen LogP contribution is -2.52. The van der Waals surface area contributed by atoms with Crippen LogP contribution in [0.4, 0.5) is 4.79 Å². The van der Waals surface area contributed by atoms with Gasteiger partial charge in [0.1, 0.15) is 6.04 Å². The van der Waals surface area contributed by atoms with Crippen molar-refractivity contribution in [3.8, 4) is 0 Å². The molecule has 6 nitrogen and oxygen atoms in total. The van der Waals surface area contributed by atoms with Crippen molar-refractivity contribution in [1.82, 2.24) is 10.2 Å². The first-order chi connectivity index (χ1) is 9.88. The molecule has 2 aliphatic heterocycles. The molecular weight excluding hydrogens is 272 g/mol. The van der Waals surface area contributed by atoms with Gasteiger partial charge < -0.3 is 19.7 Å². The molecule has 0 bridgehead atoms. The van der Waals surface area contributed by atoms with Crippen molar-refractivity contribution in [3.05, 3.63) is 0 Å². The van der Waals surface area contributed by atoms with Gasteiger partial charge in [0.2, 0.25) is 5.91 Å². The summed E-state index contributed by atoms with van der Waals surface area (Å²) in [5, 5.41) is 2.65. The summed E-state index contributed by atoms with van der Waals surface area (Å²) in [5.74, 6) is -0.0416. The summed E-state index contributed by atoms with van der Waals surface area (Å²) in [7, 11) is 1.30. The highest BCUT2D eigenvalue weighted by atomic mass is 16.5. The molecule has 2 heterocycles. The van der Waals surface area contributed by atoms with E-state index in [4.69, 9.17) is 4.74 Å². The highest BCUT2D eigenvalue weighted by Crippen LogP contribution is 2.38. The number of likely N-dealkylation sites (tertiary alicyclic amines) is 1. The zero-order valence-corrected chi connectivity index (χ0v) is 13.3. The van der Waals surface area contributed by atoms with Crippen molar-refractivity contribution < 1.29 is 19.1 Å². The fourth-order valence-corrected chi connectivity index (χ4v) is 3.39. The molecule has 0 radical (unpaired) electrons. The summed E-state index contributed by atoms with van der Waals surface area (Å²) in [6.07, 6.45) is 2.38. The Bertz CT molecular complexity index is 404. The molecule has 2 amide bonds. The molecule has 2 aliphatic rings. The van der Waals surface area contributed by atoms with E-state index in [0.29, 0.717) is 6.54 Å². The number of hydrogen-bond donors (Lipinski definition) is 1. The minimum absolute atomic E-state index is 0.00449. The van der Waals surface area contributed by atoms with Gasteiger partial charge in [0.25, 0.3) is 0 Å². The second kappa shape index (κ2) is 6.22. The second-order valence-electron chi connectivity index (χ2n) is 6.51. The van der Waals surface area contributed by atoms with Crippen LogP contribution in [0.3, 0.4) is 0 Å². The minimum atomic E-state index is -0.569. The Hall–Kier alpha value is -1.30. The molecule has 0 aliphatic carbocycles. The predicted octanol–water partition coefficient (Wildman–Crippen LogP) is 1.54. The standard InChI is InChI=1S/C15H26N2O4/c1-10(2)12(16-14(19)20-4)13(18)17-9-15(8-11(17)3)6-5-7-21-15/h10-12H,5-9H2,1-4H3,(H,16,19)/t11-,12+,15+/m1/s1. The first-order valence-electron chi connectivity index (χ1n) is 7.67. The van der Waals surface area contributed by atoms with Crippen LogP contribution >= 0.6 is 0 Å². The maximum absolute atomic E-state index is 12.8. The first kappa shape index (κ1) is 16.1. The number of carbonyl (C=O) groups excluding carboxylic acids is 2. The van der Waals surface area contributed by atoms with Crippen molar-refractivity contribution in [2.75, 3.05) is 20.3 Å².